The van der Waals surface area contributed by atoms with E-state index in [2.05, 4.69) is 10.2 Å². The summed E-state index contributed by atoms with van der Waals surface area (Å²) in [5, 5.41) is 16.0. The predicted octanol–water partition coefficient (Wildman–Crippen LogP) is 2.47. The second kappa shape index (κ2) is 4.77. The Labute approximate surface area is 107 Å². The summed E-state index contributed by atoms with van der Waals surface area (Å²) in [5.74, 6) is 0.442. The topological polar surface area (TPSA) is 88.8 Å². The Morgan fingerprint density at radius 1 is 1.47 bits per heavy atom. The normalized spacial score (nSPS) is 10.5. The molecule has 0 saturated carbocycles. The van der Waals surface area contributed by atoms with Crippen LogP contribution >= 0.6 is 23.4 Å². The smallest absolute Gasteiger partial charge is 0.281 e. The molecule has 1 aromatic heterocycles. The van der Waals surface area contributed by atoms with E-state index in [0.717, 1.165) is 4.90 Å². The molecule has 17 heavy (non-hydrogen) atoms. The van der Waals surface area contributed by atoms with Crippen molar-refractivity contribution in [2.45, 2.75) is 17.0 Å². The highest BCUT2D eigenvalue weighted by Crippen LogP contribution is 2.30. The number of nitrogens with one attached hydrogen (secondary N) is 1. The quantitative estimate of drug-likeness (QED) is 0.659. The van der Waals surface area contributed by atoms with Gasteiger partial charge in [-0.15, -0.1) is 10.2 Å². The molecular weight excluding hydrogens is 260 g/mol. The Kier molecular flexibility index (Phi) is 3.35. The van der Waals surface area contributed by atoms with Gasteiger partial charge in [-0.05, 0) is 30.0 Å². The standard InChI is InChI=1S/C10H9ClN4OS/c1-5-14-15-10(16-5)17-8-3-2-6(11)4-7(8)9(12)13/h2-4H,1H3,(H3,12,13). The molecule has 0 saturated heterocycles. The van der Waals surface area contributed by atoms with Crippen molar-refractivity contribution >= 4 is 29.2 Å². The van der Waals surface area contributed by atoms with E-state index in [1.165, 1.54) is 11.8 Å². The molecule has 0 aliphatic rings. The summed E-state index contributed by atoms with van der Waals surface area (Å²) in [7, 11) is 0. The van der Waals surface area contributed by atoms with E-state index in [0.29, 0.717) is 21.7 Å². The van der Waals surface area contributed by atoms with Gasteiger partial charge in [-0.3, -0.25) is 5.41 Å². The number of halogens is 1. The van der Waals surface area contributed by atoms with Gasteiger partial charge in [-0.25, -0.2) is 0 Å². The molecule has 0 unspecified atom stereocenters. The zero-order valence-corrected chi connectivity index (χ0v) is 10.5. The van der Waals surface area contributed by atoms with Crippen molar-refractivity contribution in [1.82, 2.24) is 10.2 Å². The molecule has 0 amide bonds. The van der Waals surface area contributed by atoms with Crippen LogP contribution in [-0.2, 0) is 0 Å². The zero-order chi connectivity index (χ0) is 12.4. The van der Waals surface area contributed by atoms with Gasteiger partial charge in [-0.2, -0.15) is 0 Å². The van der Waals surface area contributed by atoms with E-state index in [-0.39, 0.29) is 5.84 Å². The lowest BCUT2D eigenvalue weighted by Gasteiger charge is -2.05. The maximum Gasteiger partial charge on any atom is 0.281 e. The highest BCUT2D eigenvalue weighted by molar-refractivity contribution is 7.99. The lowest BCUT2D eigenvalue weighted by atomic mass is 10.2. The number of hydrogen-bond donors (Lipinski definition) is 2. The summed E-state index contributed by atoms with van der Waals surface area (Å²) in [4.78, 5) is 0.755. The average molecular weight is 269 g/mol. The van der Waals surface area contributed by atoms with E-state index in [1.807, 2.05) is 0 Å². The van der Waals surface area contributed by atoms with Crippen molar-refractivity contribution in [2.24, 2.45) is 5.73 Å². The number of nitrogens with two attached hydrogens (primary N) is 1. The van der Waals surface area contributed by atoms with Gasteiger partial charge in [-0.1, -0.05) is 11.6 Å². The highest BCUT2D eigenvalue weighted by atomic mass is 35.5. The first-order valence-corrected chi connectivity index (χ1v) is 5.87. The van der Waals surface area contributed by atoms with Crippen LogP contribution in [0.1, 0.15) is 11.5 Å². The van der Waals surface area contributed by atoms with Crippen LogP contribution in [-0.4, -0.2) is 16.0 Å². The molecule has 0 radical (unpaired) electrons. The molecule has 88 valence electrons. The van der Waals surface area contributed by atoms with Crippen molar-refractivity contribution in [3.05, 3.63) is 34.7 Å². The van der Waals surface area contributed by atoms with Crippen molar-refractivity contribution in [3.63, 3.8) is 0 Å². The number of aromatic nitrogens is 2. The Balaban J connectivity index is 2.35. The Hall–Kier alpha value is -1.53. The van der Waals surface area contributed by atoms with E-state index >= 15 is 0 Å². The van der Waals surface area contributed by atoms with Crippen molar-refractivity contribution in [1.29, 1.82) is 5.41 Å². The van der Waals surface area contributed by atoms with Crippen LogP contribution in [0.25, 0.3) is 0 Å². The first-order valence-electron chi connectivity index (χ1n) is 4.68. The summed E-state index contributed by atoms with van der Waals surface area (Å²) in [6.07, 6.45) is 0. The second-order valence-corrected chi connectivity index (χ2v) is 4.67. The minimum absolute atomic E-state index is 0.0498. The van der Waals surface area contributed by atoms with Crippen molar-refractivity contribution < 1.29 is 4.42 Å². The summed E-state index contributed by atoms with van der Waals surface area (Å²) < 4.78 is 5.25. The molecule has 0 atom stereocenters. The van der Waals surface area contributed by atoms with E-state index in [4.69, 9.17) is 27.2 Å². The van der Waals surface area contributed by atoms with E-state index in [9.17, 15) is 0 Å². The predicted molar refractivity (Wildman–Crippen MR) is 65.6 cm³/mol. The maximum absolute atomic E-state index is 7.48. The molecule has 0 spiro atoms. The summed E-state index contributed by atoms with van der Waals surface area (Å²) >= 11 is 7.11. The molecule has 0 aliphatic heterocycles. The molecule has 0 bridgehead atoms. The van der Waals surface area contributed by atoms with Crippen LogP contribution in [0, 0.1) is 12.3 Å². The SMILES string of the molecule is Cc1nnc(Sc2ccc(Cl)cc2C(=N)N)o1. The first kappa shape index (κ1) is 11.9. The molecule has 0 fully saturated rings. The third-order valence-corrected chi connectivity index (χ3v) is 3.09. The Morgan fingerprint density at radius 3 is 2.82 bits per heavy atom. The highest BCUT2D eigenvalue weighted by Gasteiger charge is 2.11. The van der Waals surface area contributed by atoms with Crippen LogP contribution < -0.4 is 5.73 Å². The van der Waals surface area contributed by atoms with Gasteiger partial charge in [0.15, 0.2) is 0 Å². The summed E-state index contributed by atoms with van der Waals surface area (Å²) in [6, 6.07) is 5.12. The third kappa shape index (κ3) is 2.78. The molecule has 5 nitrogen and oxygen atoms in total. The number of amidine groups is 1. The lowest BCUT2D eigenvalue weighted by molar-refractivity contribution is 0.429. The van der Waals surface area contributed by atoms with Crippen LogP contribution in [0.15, 0.2) is 32.7 Å². The molecule has 1 aromatic carbocycles. The van der Waals surface area contributed by atoms with Gasteiger partial charge in [0.25, 0.3) is 5.22 Å². The van der Waals surface area contributed by atoms with Crippen molar-refractivity contribution in [2.75, 3.05) is 0 Å². The lowest BCUT2D eigenvalue weighted by Crippen LogP contribution is -2.12. The van der Waals surface area contributed by atoms with Crippen LogP contribution in [0.2, 0.25) is 5.02 Å². The number of nitrogen functional groups attached to an aromatic ring is 1. The summed E-state index contributed by atoms with van der Waals surface area (Å²) in [5.41, 5.74) is 6.04. The fraction of sp³-hybridized carbons (Fsp3) is 0.100. The van der Waals surface area contributed by atoms with Crippen molar-refractivity contribution in [3.8, 4) is 0 Å². The van der Waals surface area contributed by atoms with E-state index < -0.39 is 0 Å². The van der Waals surface area contributed by atoms with Crippen LogP contribution in [0.4, 0.5) is 0 Å². The monoisotopic (exact) mass is 268 g/mol. The second-order valence-electron chi connectivity index (χ2n) is 3.24. The number of rotatable bonds is 3. The molecule has 2 rings (SSSR count). The van der Waals surface area contributed by atoms with Gasteiger partial charge in [0.2, 0.25) is 5.89 Å². The molecule has 7 heteroatoms. The average Bonchev–Trinajstić information content (AvgIpc) is 2.66. The van der Waals surface area contributed by atoms with Crippen LogP contribution in [0.3, 0.4) is 0 Å². The molecular formula is C10H9ClN4OS. The molecule has 0 aliphatic carbocycles. The summed E-state index contributed by atoms with van der Waals surface area (Å²) in [6.45, 7) is 1.71. The first-order chi connectivity index (χ1) is 8.06. The third-order valence-electron chi connectivity index (χ3n) is 1.94. The number of aryl methyl sites for hydroxylation is 1. The molecule has 2 aromatic rings. The van der Waals surface area contributed by atoms with E-state index in [1.54, 1.807) is 25.1 Å². The number of hydrogen-bond acceptors (Lipinski definition) is 5. The van der Waals surface area contributed by atoms with Gasteiger partial charge < -0.3 is 10.2 Å². The Bertz CT molecular complexity index is 569. The van der Waals surface area contributed by atoms with Gasteiger partial charge in [0.05, 0.1) is 0 Å². The van der Waals surface area contributed by atoms with Gasteiger partial charge in [0, 0.05) is 22.4 Å². The molecule has 1 heterocycles. The minimum Gasteiger partial charge on any atom is -0.416 e. The maximum atomic E-state index is 7.48. The fourth-order valence-electron chi connectivity index (χ4n) is 1.22. The fourth-order valence-corrected chi connectivity index (χ4v) is 2.23. The largest absolute Gasteiger partial charge is 0.416 e. The molecule has 3 N–H and O–H groups in total. The minimum atomic E-state index is -0.0498. The number of benzene rings is 1. The number of nitrogens with zero attached hydrogens (tertiary/aromatic N) is 2. The van der Waals surface area contributed by atoms with Gasteiger partial charge >= 0.3 is 0 Å². The van der Waals surface area contributed by atoms with Gasteiger partial charge in [0.1, 0.15) is 5.84 Å². The van der Waals surface area contributed by atoms with Crippen LogP contribution in [0.5, 0.6) is 0 Å². The zero-order valence-electron chi connectivity index (χ0n) is 8.90. The Morgan fingerprint density at radius 2 is 2.24 bits per heavy atom.